The van der Waals surface area contributed by atoms with Gasteiger partial charge in [0.15, 0.2) is 5.54 Å². The Morgan fingerprint density at radius 1 is 0.862 bits per heavy atom. The number of nitrogens with zero attached hydrogens (tertiary/aromatic N) is 2. The first-order valence-electron chi connectivity index (χ1n) is 9.73. The Labute approximate surface area is 170 Å². The minimum absolute atomic E-state index is 0.0659. The van der Waals surface area contributed by atoms with E-state index in [-0.39, 0.29) is 12.5 Å². The molecule has 29 heavy (non-hydrogen) atoms. The molecule has 2 aliphatic heterocycles. The maximum atomic E-state index is 13.5. The third-order valence-corrected chi connectivity index (χ3v) is 5.29. The van der Waals surface area contributed by atoms with Crippen LogP contribution in [0.2, 0.25) is 0 Å². The van der Waals surface area contributed by atoms with E-state index in [4.69, 9.17) is 4.74 Å². The van der Waals surface area contributed by atoms with E-state index in [0.29, 0.717) is 19.8 Å². The average molecular weight is 389 g/mol. The molecule has 3 amide bonds. The molecule has 6 nitrogen and oxygen atoms in total. The van der Waals surface area contributed by atoms with Crippen molar-refractivity contribution in [3.05, 3.63) is 71.8 Å². The number of nitrogens with one attached hydrogen (secondary N) is 1. The van der Waals surface area contributed by atoms with Gasteiger partial charge in [-0.05, 0) is 11.1 Å². The molecule has 1 N–H and O–H groups in total. The molecule has 2 fully saturated rings. The maximum Gasteiger partial charge on any atom is 0.326 e. The number of carbonyl (C=O) groups is 2. The van der Waals surface area contributed by atoms with Gasteiger partial charge < -0.3 is 10.1 Å². The molecule has 0 unspecified atom stereocenters. The SMILES string of the molecule is O=C1NC(c2ccccc2)(c2ccccc2)C(=O)N1CC#CCN1CCOCC1. The van der Waals surface area contributed by atoms with Gasteiger partial charge in [0.05, 0.1) is 26.3 Å². The first kappa shape index (κ1) is 19.2. The molecule has 0 aromatic heterocycles. The van der Waals surface area contributed by atoms with E-state index in [9.17, 15) is 9.59 Å². The third-order valence-electron chi connectivity index (χ3n) is 5.29. The lowest BCUT2D eigenvalue weighted by Gasteiger charge is -2.27. The van der Waals surface area contributed by atoms with Crippen LogP contribution < -0.4 is 5.32 Å². The standard InChI is InChI=1S/C23H23N3O3/c27-21-23(19-9-3-1-4-10-19,20-11-5-2-6-12-20)24-22(28)26(21)14-8-7-13-25-15-17-29-18-16-25/h1-6,9-12H,13-18H2,(H,24,28). The van der Waals surface area contributed by atoms with Gasteiger partial charge in [0.1, 0.15) is 0 Å². The summed E-state index contributed by atoms with van der Waals surface area (Å²) in [6, 6.07) is 18.2. The van der Waals surface area contributed by atoms with Gasteiger partial charge in [-0.2, -0.15) is 0 Å². The number of benzene rings is 2. The fourth-order valence-corrected chi connectivity index (χ4v) is 3.72. The smallest absolute Gasteiger partial charge is 0.326 e. The number of hydrogen-bond acceptors (Lipinski definition) is 4. The average Bonchev–Trinajstić information content (AvgIpc) is 3.04. The van der Waals surface area contributed by atoms with E-state index in [1.165, 1.54) is 4.90 Å². The zero-order valence-corrected chi connectivity index (χ0v) is 16.1. The van der Waals surface area contributed by atoms with Crippen LogP contribution >= 0.6 is 0 Å². The number of carbonyl (C=O) groups excluding carboxylic acids is 2. The number of morpholine rings is 1. The molecule has 0 bridgehead atoms. The topological polar surface area (TPSA) is 61.9 Å². The zero-order valence-electron chi connectivity index (χ0n) is 16.1. The summed E-state index contributed by atoms with van der Waals surface area (Å²) < 4.78 is 5.33. The Balaban J connectivity index is 1.57. The first-order chi connectivity index (χ1) is 14.2. The second-order valence-corrected chi connectivity index (χ2v) is 7.05. The molecule has 0 atom stereocenters. The summed E-state index contributed by atoms with van der Waals surface area (Å²) in [5, 5.41) is 2.93. The summed E-state index contributed by atoms with van der Waals surface area (Å²) in [6.07, 6.45) is 0. The van der Waals surface area contributed by atoms with Crippen molar-refractivity contribution < 1.29 is 14.3 Å². The second kappa shape index (κ2) is 8.48. The van der Waals surface area contributed by atoms with Crippen LogP contribution in [0.5, 0.6) is 0 Å². The van der Waals surface area contributed by atoms with Crippen molar-refractivity contribution in [2.75, 3.05) is 39.4 Å². The van der Waals surface area contributed by atoms with E-state index >= 15 is 0 Å². The van der Waals surface area contributed by atoms with Gasteiger partial charge in [0, 0.05) is 13.1 Å². The van der Waals surface area contributed by atoms with Gasteiger partial charge in [-0.25, -0.2) is 9.69 Å². The van der Waals surface area contributed by atoms with Gasteiger partial charge in [-0.1, -0.05) is 72.5 Å². The lowest BCUT2D eigenvalue weighted by molar-refractivity contribution is -0.129. The highest BCUT2D eigenvalue weighted by atomic mass is 16.5. The van der Waals surface area contributed by atoms with E-state index in [1.807, 2.05) is 60.7 Å². The number of imide groups is 1. The Bertz CT molecular complexity index is 889. The van der Waals surface area contributed by atoms with Crippen LogP contribution in [0.1, 0.15) is 11.1 Å². The summed E-state index contributed by atoms with van der Waals surface area (Å²) in [7, 11) is 0. The van der Waals surface area contributed by atoms with Crippen LogP contribution in [0.25, 0.3) is 0 Å². The summed E-state index contributed by atoms with van der Waals surface area (Å²) in [4.78, 5) is 29.6. The zero-order chi connectivity index (χ0) is 20.1. The Kier molecular flexibility index (Phi) is 5.61. The predicted octanol–water partition coefficient (Wildman–Crippen LogP) is 1.82. The van der Waals surface area contributed by atoms with Crippen LogP contribution in [0.15, 0.2) is 60.7 Å². The summed E-state index contributed by atoms with van der Waals surface area (Å²) in [6.45, 7) is 3.80. The van der Waals surface area contributed by atoms with E-state index in [0.717, 1.165) is 24.2 Å². The Morgan fingerprint density at radius 3 is 2.00 bits per heavy atom. The predicted molar refractivity (Wildman–Crippen MR) is 109 cm³/mol. The number of urea groups is 1. The summed E-state index contributed by atoms with van der Waals surface area (Å²) >= 11 is 0. The minimum atomic E-state index is -1.23. The number of amides is 3. The molecule has 148 valence electrons. The normalized spacial score (nSPS) is 18.8. The molecule has 0 spiro atoms. The molecule has 2 saturated heterocycles. The number of hydrogen-bond donors (Lipinski definition) is 1. The fourth-order valence-electron chi connectivity index (χ4n) is 3.72. The molecule has 2 aliphatic rings. The molecule has 0 aliphatic carbocycles. The molecule has 4 rings (SSSR count). The number of rotatable bonds is 4. The van der Waals surface area contributed by atoms with E-state index in [1.54, 1.807) is 0 Å². The van der Waals surface area contributed by atoms with Crippen LogP contribution in [0.4, 0.5) is 4.79 Å². The highest BCUT2D eigenvalue weighted by Gasteiger charge is 2.53. The molecule has 2 aromatic rings. The van der Waals surface area contributed by atoms with Crippen molar-refractivity contribution >= 4 is 11.9 Å². The van der Waals surface area contributed by atoms with Gasteiger partial charge in [0.2, 0.25) is 0 Å². The van der Waals surface area contributed by atoms with Crippen LogP contribution in [-0.4, -0.2) is 61.1 Å². The van der Waals surface area contributed by atoms with Crippen molar-refractivity contribution in [3.8, 4) is 11.8 Å². The molecule has 2 heterocycles. The summed E-state index contributed by atoms with van der Waals surface area (Å²) in [5.74, 6) is 5.76. The van der Waals surface area contributed by atoms with Crippen molar-refractivity contribution in [2.45, 2.75) is 5.54 Å². The van der Waals surface area contributed by atoms with Gasteiger partial charge in [-0.3, -0.25) is 9.69 Å². The van der Waals surface area contributed by atoms with Crippen LogP contribution in [0, 0.1) is 11.8 Å². The fraction of sp³-hybridized carbons (Fsp3) is 0.304. The Morgan fingerprint density at radius 2 is 1.41 bits per heavy atom. The van der Waals surface area contributed by atoms with Crippen LogP contribution in [-0.2, 0) is 15.1 Å². The van der Waals surface area contributed by atoms with Gasteiger partial charge >= 0.3 is 6.03 Å². The van der Waals surface area contributed by atoms with Crippen molar-refractivity contribution in [2.24, 2.45) is 0 Å². The summed E-state index contributed by atoms with van der Waals surface area (Å²) in [5.41, 5.74) is 0.229. The molecule has 2 aromatic carbocycles. The largest absolute Gasteiger partial charge is 0.379 e. The molecule has 0 radical (unpaired) electrons. The Hall–Kier alpha value is -3.14. The second-order valence-electron chi connectivity index (χ2n) is 7.05. The molecule has 6 heteroatoms. The van der Waals surface area contributed by atoms with Crippen molar-refractivity contribution in [1.82, 2.24) is 15.1 Å². The van der Waals surface area contributed by atoms with E-state index < -0.39 is 11.6 Å². The number of ether oxygens (including phenoxy) is 1. The minimum Gasteiger partial charge on any atom is -0.379 e. The van der Waals surface area contributed by atoms with Gasteiger partial charge in [0.25, 0.3) is 5.91 Å². The quantitative estimate of drug-likeness (QED) is 0.640. The van der Waals surface area contributed by atoms with Crippen LogP contribution in [0.3, 0.4) is 0 Å². The molecule has 0 saturated carbocycles. The van der Waals surface area contributed by atoms with Crippen molar-refractivity contribution in [1.29, 1.82) is 0 Å². The van der Waals surface area contributed by atoms with Gasteiger partial charge in [-0.15, -0.1) is 0 Å². The first-order valence-corrected chi connectivity index (χ1v) is 9.73. The molecular formula is C23H23N3O3. The third kappa shape index (κ3) is 3.75. The lowest BCUT2D eigenvalue weighted by atomic mass is 9.82. The molecular weight excluding hydrogens is 366 g/mol. The van der Waals surface area contributed by atoms with E-state index in [2.05, 4.69) is 22.1 Å². The van der Waals surface area contributed by atoms with Crippen molar-refractivity contribution in [3.63, 3.8) is 0 Å². The highest BCUT2D eigenvalue weighted by molar-refractivity contribution is 6.09. The monoisotopic (exact) mass is 389 g/mol. The maximum absolute atomic E-state index is 13.5. The highest BCUT2D eigenvalue weighted by Crippen LogP contribution is 2.35. The lowest BCUT2D eigenvalue weighted by Crippen LogP contribution is -2.45.